The maximum absolute atomic E-state index is 13.6. The van der Waals surface area contributed by atoms with Crippen LogP contribution in [0.15, 0.2) is 84.9 Å². The molecule has 0 saturated carbocycles. The highest BCUT2D eigenvalue weighted by molar-refractivity contribution is 6.30. The second-order valence-corrected chi connectivity index (χ2v) is 11.2. The van der Waals surface area contributed by atoms with Gasteiger partial charge in [0.25, 0.3) is 0 Å². The molecule has 0 aromatic heterocycles. The van der Waals surface area contributed by atoms with Crippen molar-refractivity contribution in [2.45, 2.75) is 43.4 Å². The largest absolute Gasteiger partial charge is 0.465 e. The van der Waals surface area contributed by atoms with E-state index in [0.717, 1.165) is 49.2 Å². The number of nitrogens with zero attached hydrogens (tertiary/aromatic N) is 1. The van der Waals surface area contributed by atoms with Gasteiger partial charge < -0.3 is 15.0 Å². The lowest BCUT2D eigenvalue weighted by Gasteiger charge is -2.41. The number of hydrogen-bond acceptors (Lipinski definition) is 4. The summed E-state index contributed by atoms with van der Waals surface area (Å²) in [5.74, 6) is 0.0559. The Kier molecular flexibility index (Phi) is 8.39. The van der Waals surface area contributed by atoms with Crippen LogP contribution in [0.1, 0.15) is 49.3 Å². The average Bonchev–Trinajstić information content (AvgIpc) is 3.32. The summed E-state index contributed by atoms with van der Waals surface area (Å²) in [5.41, 5.74) is 1.69. The van der Waals surface area contributed by atoms with E-state index in [0.29, 0.717) is 31.0 Å². The zero-order valence-corrected chi connectivity index (χ0v) is 23.3. The number of likely N-dealkylation sites (tertiary alicyclic amines) is 1. The first-order valence-electron chi connectivity index (χ1n) is 14.1. The van der Waals surface area contributed by atoms with Gasteiger partial charge in [-0.3, -0.25) is 9.59 Å². The van der Waals surface area contributed by atoms with Crippen molar-refractivity contribution in [3.8, 4) is 0 Å². The van der Waals surface area contributed by atoms with Crippen molar-refractivity contribution in [1.82, 2.24) is 10.2 Å². The highest BCUT2D eigenvalue weighted by atomic mass is 35.5. The Hall–Kier alpha value is -3.15. The van der Waals surface area contributed by atoms with E-state index in [1.54, 1.807) is 0 Å². The van der Waals surface area contributed by atoms with Gasteiger partial charge in [0.1, 0.15) is 5.41 Å². The lowest BCUT2D eigenvalue weighted by molar-refractivity contribution is -0.153. The van der Waals surface area contributed by atoms with E-state index in [9.17, 15) is 9.59 Å². The Balaban J connectivity index is 1.34. The second kappa shape index (κ2) is 11.9. The van der Waals surface area contributed by atoms with Gasteiger partial charge in [-0.25, -0.2) is 0 Å². The highest BCUT2D eigenvalue weighted by Gasteiger charge is 2.52. The summed E-state index contributed by atoms with van der Waals surface area (Å²) < 4.78 is 5.70. The van der Waals surface area contributed by atoms with Crippen LogP contribution in [0, 0.1) is 5.92 Å². The monoisotopic (exact) mass is 544 g/mol. The van der Waals surface area contributed by atoms with Crippen LogP contribution in [0.3, 0.4) is 0 Å². The summed E-state index contributed by atoms with van der Waals surface area (Å²) in [5, 5.41) is 3.85. The van der Waals surface area contributed by atoms with Crippen LogP contribution in [0.25, 0.3) is 0 Å². The molecule has 1 amide bonds. The molecule has 1 atom stereocenters. The number of carbonyl (C=O) groups is 2. The lowest BCUT2D eigenvalue weighted by atomic mass is 9.66. The van der Waals surface area contributed by atoms with Gasteiger partial charge >= 0.3 is 5.97 Å². The van der Waals surface area contributed by atoms with Crippen molar-refractivity contribution >= 4 is 23.5 Å². The van der Waals surface area contributed by atoms with Gasteiger partial charge in [0.2, 0.25) is 5.91 Å². The number of halogens is 1. The van der Waals surface area contributed by atoms with Crippen LogP contribution in [0.2, 0.25) is 5.02 Å². The molecule has 39 heavy (non-hydrogen) atoms. The second-order valence-electron chi connectivity index (χ2n) is 10.8. The first-order valence-corrected chi connectivity index (χ1v) is 14.4. The molecule has 2 fully saturated rings. The van der Waals surface area contributed by atoms with Gasteiger partial charge in [0, 0.05) is 17.5 Å². The van der Waals surface area contributed by atoms with E-state index >= 15 is 0 Å². The molecule has 0 radical (unpaired) electrons. The molecule has 6 heteroatoms. The quantitative estimate of drug-likeness (QED) is 0.348. The molecular formula is C33H37ClN2O3. The minimum atomic E-state index is -0.713. The van der Waals surface area contributed by atoms with Crippen molar-refractivity contribution in [3.05, 3.63) is 107 Å². The van der Waals surface area contributed by atoms with Crippen LogP contribution in [-0.2, 0) is 25.2 Å². The van der Waals surface area contributed by atoms with Crippen LogP contribution < -0.4 is 5.32 Å². The van der Waals surface area contributed by atoms with Crippen molar-refractivity contribution in [3.63, 3.8) is 0 Å². The molecule has 0 spiro atoms. The number of amides is 1. The summed E-state index contributed by atoms with van der Waals surface area (Å²) in [6.07, 6.45) is 3.06. The van der Waals surface area contributed by atoms with E-state index in [4.69, 9.17) is 16.3 Å². The van der Waals surface area contributed by atoms with E-state index in [-0.39, 0.29) is 17.8 Å². The number of esters is 1. The number of benzene rings is 3. The van der Waals surface area contributed by atoms with Crippen LogP contribution in [-0.4, -0.2) is 49.6 Å². The normalized spacial score (nSPS) is 20.4. The molecule has 5 rings (SSSR count). The third-order valence-electron chi connectivity index (χ3n) is 8.67. The van der Waals surface area contributed by atoms with E-state index < -0.39 is 10.8 Å². The summed E-state index contributed by atoms with van der Waals surface area (Å²) in [4.78, 5) is 29.4. The van der Waals surface area contributed by atoms with Crippen molar-refractivity contribution in [2.75, 3.05) is 32.8 Å². The smallest absolute Gasteiger partial charge is 0.316 e. The molecule has 1 unspecified atom stereocenters. The Bertz CT molecular complexity index is 1220. The summed E-state index contributed by atoms with van der Waals surface area (Å²) in [7, 11) is 0. The number of ether oxygens (including phenoxy) is 1. The molecule has 0 aliphatic carbocycles. The summed E-state index contributed by atoms with van der Waals surface area (Å²) in [6, 6.07) is 28.0. The number of carbonyl (C=O) groups excluding carboxylic acids is 2. The van der Waals surface area contributed by atoms with Crippen LogP contribution in [0.4, 0.5) is 0 Å². The Morgan fingerprint density at radius 2 is 1.51 bits per heavy atom. The van der Waals surface area contributed by atoms with Crippen molar-refractivity contribution in [1.29, 1.82) is 0 Å². The minimum absolute atomic E-state index is 0.0731. The Labute approximate surface area is 236 Å². The Morgan fingerprint density at radius 1 is 0.923 bits per heavy atom. The third-order valence-corrected chi connectivity index (χ3v) is 8.92. The fourth-order valence-corrected chi connectivity index (χ4v) is 6.65. The van der Waals surface area contributed by atoms with E-state index in [1.165, 1.54) is 0 Å². The van der Waals surface area contributed by atoms with Crippen LogP contribution >= 0.6 is 11.6 Å². The summed E-state index contributed by atoms with van der Waals surface area (Å²) in [6.45, 7) is 5.54. The standard InChI is InChI=1S/C33H37ClN2O3/c1-2-23-39-31(38)32(25-13-15-29(34)16-14-25)18-21-36(22-19-32)20-17-28-24-35-30(37)33(28,26-9-5-3-6-10-26)27-11-7-4-8-12-27/h3-16,28H,2,17-24H2,1H3,(H,35,37). The summed E-state index contributed by atoms with van der Waals surface area (Å²) >= 11 is 6.15. The van der Waals surface area contributed by atoms with Crippen molar-refractivity contribution in [2.24, 2.45) is 5.92 Å². The van der Waals surface area contributed by atoms with Gasteiger partial charge in [-0.15, -0.1) is 0 Å². The maximum atomic E-state index is 13.6. The SMILES string of the molecule is CCCOC(=O)C1(c2ccc(Cl)cc2)CCN(CCC2CNC(=O)C2(c2ccccc2)c2ccccc2)CC1. The fraction of sp³-hybridized carbons (Fsp3) is 0.394. The average molecular weight is 545 g/mol. The zero-order valence-electron chi connectivity index (χ0n) is 22.6. The van der Waals surface area contributed by atoms with Gasteiger partial charge in [-0.1, -0.05) is 91.3 Å². The van der Waals surface area contributed by atoms with Gasteiger partial charge in [-0.05, 0) is 74.1 Å². The topological polar surface area (TPSA) is 58.6 Å². The molecule has 204 valence electrons. The lowest BCUT2D eigenvalue weighted by Crippen LogP contribution is -2.49. The van der Waals surface area contributed by atoms with E-state index in [2.05, 4.69) is 34.5 Å². The number of hydrogen-bond donors (Lipinski definition) is 1. The molecule has 3 aromatic rings. The molecule has 0 bridgehead atoms. The molecule has 3 aromatic carbocycles. The number of piperidine rings is 1. The third kappa shape index (κ3) is 5.22. The number of nitrogens with one attached hydrogen (secondary N) is 1. The number of rotatable bonds is 9. The van der Waals surface area contributed by atoms with E-state index in [1.807, 2.05) is 67.6 Å². The van der Waals surface area contributed by atoms with Crippen molar-refractivity contribution < 1.29 is 14.3 Å². The molecule has 5 nitrogen and oxygen atoms in total. The first-order chi connectivity index (χ1) is 19.0. The highest BCUT2D eigenvalue weighted by Crippen LogP contribution is 2.45. The predicted octanol–water partition coefficient (Wildman–Crippen LogP) is 5.75. The first kappa shape index (κ1) is 27.4. The molecule has 1 N–H and O–H groups in total. The molecule has 2 saturated heterocycles. The maximum Gasteiger partial charge on any atom is 0.316 e. The Morgan fingerprint density at radius 3 is 2.08 bits per heavy atom. The fourth-order valence-electron chi connectivity index (χ4n) is 6.52. The minimum Gasteiger partial charge on any atom is -0.465 e. The molecule has 2 heterocycles. The zero-order chi connectivity index (χ0) is 27.3. The van der Waals surface area contributed by atoms with Gasteiger partial charge in [0.15, 0.2) is 0 Å². The van der Waals surface area contributed by atoms with Crippen LogP contribution in [0.5, 0.6) is 0 Å². The molecule has 2 aliphatic rings. The van der Waals surface area contributed by atoms with Gasteiger partial charge in [-0.2, -0.15) is 0 Å². The molecule has 2 aliphatic heterocycles. The van der Waals surface area contributed by atoms with Gasteiger partial charge in [0.05, 0.1) is 12.0 Å². The predicted molar refractivity (Wildman–Crippen MR) is 155 cm³/mol. The molecular weight excluding hydrogens is 508 g/mol.